The van der Waals surface area contributed by atoms with E-state index in [0.717, 1.165) is 11.1 Å². The van der Waals surface area contributed by atoms with Crippen LogP contribution >= 0.6 is 15.9 Å². The maximum Gasteiger partial charge on any atom is 0.173 e. The van der Waals surface area contributed by atoms with Crippen LogP contribution in [-0.2, 0) is 5.41 Å². The summed E-state index contributed by atoms with van der Waals surface area (Å²) in [6.45, 7) is 11.7. The largest absolute Gasteiger partial charge is 0.507 e. The van der Waals surface area contributed by atoms with Gasteiger partial charge in [0.2, 0.25) is 0 Å². The highest BCUT2D eigenvalue weighted by Crippen LogP contribution is 2.37. The Kier molecular flexibility index (Phi) is 4.38. The minimum atomic E-state index is -0.225. The van der Waals surface area contributed by atoms with Crippen molar-refractivity contribution in [3.8, 4) is 5.75 Å². The van der Waals surface area contributed by atoms with Crippen LogP contribution in [0.2, 0.25) is 0 Å². The second-order valence-electron chi connectivity index (χ2n) is 5.51. The molecule has 0 aliphatic carbocycles. The number of carbonyl (C=O) groups is 1. The van der Waals surface area contributed by atoms with Gasteiger partial charge in [0.15, 0.2) is 5.78 Å². The number of alkyl halides is 1. The van der Waals surface area contributed by atoms with Gasteiger partial charge in [0.1, 0.15) is 5.75 Å². The summed E-state index contributed by atoms with van der Waals surface area (Å²) in [7, 11) is 0. The van der Waals surface area contributed by atoms with Gasteiger partial charge in [-0.2, -0.15) is 0 Å². The van der Waals surface area contributed by atoms with E-state index in [1.165, 1.54) is 0 Å². The summed E-state index contributed by atoms with van der Waals surface area (Å²) in [5, 5.41) is 10.6. The molecule has 0 heterocycles. The van der Waals surface area contributed by atoms with E-state index >= 15 is 0 Å². The molecule has 0 aliphatic heterocycles. The van der Waals surface area contributed by atoms with Crippen molar-refractivity contribution in [3.05, 3.63) is 35.4 Å². The van der Waals surface area contributed by atoms with Crippen molar-refractivity contribution in [1.82, 2.24) is 0 Å². The molecule has 0 fully saturated rings. The third-order valence-corrected chi connectivity index (χ3v) is 3.33. The second-order valence-corrected chi connectivity index (χ2v) is 6.07. The number of hydrogen-bond donors (Lipinski definition) is 1. The van der Waals surface area contributed by atoms with E-state index in [9.17, 15) is 9.90 Å². The lowest BCUT2D eigenvalue weighted by atomic mass is 9.83. The first-order chi connectivity index (χ1) is 8.18. The van der Waals surface area contributed by atoms with Crippen molar-refractivity contribution in [2.24, 2.45) is 0 Å². The van der Waals surface area contributed by atoms with E-state index in [2.05, 4.69) is 22.5 Å². The third kappa shape index (κ3) is 3.02. The summed E-state index contributed by atoms with van der Waals surface area (Å²) >= 11 is 3.17. The molecule has 0 spiro atoms. The van der Waals surface area contributed by atoms with Crippen LogP contribution < -0.4 is 0 Å². The quantitative estimate of drug-likeness (QED) is 0.667. The molecule has 18 heavy (non-hydrogen) atoms. The normalized spacial score (nSPS) is 11.4. The number of halogens is 1. The van der Waals surface area contributed by atoms with Gasteiger partial charge >= 0.3 is 0 Å². The van der Waals surface area contributed by atoms with Crippen LogP contribution in [0.3, 0.4) is 0 Å². The van der Waals surface area contributed by atoms with E-state index in [-0.39, 0.29) is 22.3 Å². The minimum Gasteiger partial charge on any atom is -0.507 e. The van der Waals surface area contributed by atoms with Crippen LogP contribution in [0, 0.1) is 0 Å². The highest BCUT2D eigenvalue weighted by atomic mass is 79.9. The molecule has 2 nitrogen and oxygen atoms in total. The van der Waals surface area contributed by atoms with Crippen LogP contribution in [-0.4, -0.2) is 16.2 Å². The molecule has 0 bridgehead atoms. The molecule has 0 atom stereocenters. The van der Waals surface area contributed by atoms with Crippen LogP contribution in [0.25, 0.3) is 5.57 Å². The Morgan fingerprint density at radius 1 is 1.39 bits per heavy atom. The van der Waals surface area contributed by atoms with Crippen molar-refractivity contribution in [1.29, 1.82) is 0 Å². The van der Waals surface area contributed by atoms with Gasteiger partial charge in [-0.15, -0.1) is 0 Å². The number of allylic oxidation sites excluding steroid dienone is 1. The molecule has 0 unspecified atom stereocenters. The fourth-order valence-electron chi connectivity index (χ4n) is 1.77. The van der Waals surface area contributed by atoms with Gasteiger partial charge in [-0.3, -0.25) is 4.79 Å². The lowest BCUT2D eigenvalue weighted by molar-refractivity contribution is 0.102. The van der Waals surface area contributed by atoms with Gasteiger partial charge in [-0.05, 0) is 30.0 Å². The lowest BCUT2D eigenvalue weighted by Gasteiger charge is -2.23. The van der Waals surface area contributed by atoms with Crippen LogP contribution in [0.4, 0.5) is 0 Å². The number of aromatic hydroxyl groups is 1. The second kappa shape index (κ2) is 5.27. The average Bonchev–Trinajstić information content (AvgIpc) is 2.26. The molecule has 3 heteroatoms. The smallest absolute Gasteiger partial charge is 0.173 e. The summed E-state index contributed by atoms with van der Waals surface area (Å²) in [6, 6.07) is 3.47. The van der Waals surface area contributed by atoms with Crippen LogP contribution in [0.15, 0.2) is 18.7 Å². The molecule has 0 radical (unpaired) electrons. The Morgan fingerprint density at radius 3 is 2.33 bits per heavy atom. The lowest BCUT2D eigenvalue weighted by Crippen LogP contribution is -2.14. The fraction of sp³-hybridized carbons (Fsp3) is 0.400. The standard InChI is InChI=1S/C15H19BrO2/c1-9(2)11-6-10(13(17)8-16)7-12(14(11)18)15(3,4)5/h6-7,18H,1,8H2,2-5H3. The van der Waals surface area contributed by atoms with E-state index < -0.39 is 0 Å². The summed E-state index contributed by atoms with van der Waals surface area (Å²) < 4.78 is 0. The average molecular weight is 311 g/mol. The zero-order valence-electron chi connectivity index (χ0n) is 11.3. The van der Waals surface area contributed by atoms with Crippen molar-refractivity contribution < 1.29 is 9.90 Å². The van der Waals surface area contributed by atoms with Crippen molar-refractivity contribution in [3.63, 3.8) is 0 Å². The van der Waals surface area contributed by atoms with Gasteiger partial charge in [0.25, 0.3) is 0 Å². The van der Waals surface area contributed by atoms with Crippen LogP contribution in [0.5, 0.6) is 5.75 Å². The Morgan fingerprint density at radius 2 is 1.94 bits per heavy atom. The molecule has 0 aliphatic rings. The van der Waals surface area contributed by atoms with E-state index in [1.807, 2.05) is 27.7 Å². The summed E-state index contributed by atoms with van der Waals surface area (Å²) in [5.74, 6) is 0.226. The molecular formula is C15H19BrO2. The van der Waals surface area contributed by atoms with E-state index in [0.29, 0.717) is 11.1 Å². The number of ketones is 1. The molecule has 0 amide bonds. The number of hydrogen-bond acceptors (Lipinski definition) is 2. The predicted octanol–water partition coefficient (Wildman–Crippen LogP) is 4.30. The monoisotopic (exact) mass is 310 g/mol. The number of carbonyl (C=O) groups excluding carboxylic acids is 1. The molecule has 98 valence electrons. The van der Waals surface area contributed by atoms with Gasteiger partial charge in [0.05, 0.1) is 5.33 Å². The number of phenols is 1. The molecule has 0 saturated carbocycles. The first-order valence-electron chi connectivity index (χ1n) is 5.81. The molecular weight excluding hydrogens is 292 g/mol. The SMILES string of the molecule is C=C(C)c1cc(C(=O)CBr)cc(C(C)(C)C)c1O. The Hall–Kier alpha value is -1.09. The first-order valence-corrected chi connectivity index (χ1v) is 6.93. The van der Waals surface area contributed by atoms with E-state index in [1.54, 1.807) is 12.1 Å². The predicted molar refractivity (Wildman–Crippen MR) is 79.6 cm³/mol. The highest BCUT2D eigenvalue weighted by Gasteiger charge is 2.22. The number of phenolic OH excluding ortho intramolecular Hbond substituents is 1. The van der Waals surface area contributed by atoms with Gasteiger partial charge in [-0.25, -0.2) is 0 Å². The molecule has 1 aromatic rings. The number of rotatable bonds is 3. The molecule has 1 aromatic carbocycles. The minimum absolute atomic E-state index is 0.00278. The van der Waals surface area contributed by atoms with Gasteiger partial charge in [0, 0.05) is 16.7 Å². The zero-order valence-corrected chi connectivity index (χ0v) is 12.9. The molecule has 1 rings (SSSR count). The van der Waals surface area contributed by atoms with Gasteiger partial charge < -0.3 is 5.11 Å². The highest BCUT2D eigenvalue weighted by molar-refractivity contribution is 9.09. The Labute approximate surface area is 117 Å². The maximum atomic E-state index is 11.8. The Bertz CT molecular complexity index is 496. The number of benzene rings is 1. The fourth-order valence-corrected chi connectivity index (χ4v) is 2.09. The van der Waals surface area contributed by atoms with Crippen molar-refractivity contribution >= 4 is 27.3 Å². The third-order valence-electron chi connectivity index (χ3n) is 2.82. The zero-order chi connectivity index (χ0) is 14.1. The van der Waals surface area contributed by atoms with Crippen molar-refractivity contribution in [2.75, 3.05) is 5.33 Å². The maximum absolute atomic E-state index is 11.8. The summed E-state index contributed by atoms with van der Waals surface area (Å²) in [4.78, 5) is 11.8. The summed E-state index contributed by atoms with van der Waals surface area (Å²) in [6.07, 6.45) is 0. The molecule has 1 N–H and O–H groups in total. The van der Waals surface area contributed by atoms with Crippen molar-refractivity contribution in [2.45, 2.75) is 33.1 Å². The molecule has 0 saturated heterocycles. The first kappa shape index (κ1) is 15.0. The summed E-state index contributed by atoms with van der Waals surface area (Å²) in [5.41, 5.74) is 2.55. The molecule has 0 aromatic heterocycles. The van der Waals surface area contributed by atoms with Gasteiger partial charge in [-0.1, -0.05) is 43.3 Å². The van der Waals surface area contributed by atoms with Crippen LogP contribution in [0.1, 0.15) is 49.2 Å². The van der Waals surface area contributed by atoms with E-state index in [4.69, 9.17) is 0 Å². The topological polar surface area (TPSA) is 37.3 Å². The Balaban J connectivity index is 3.57. The number of Topliss-reactive ketones (excluding diaryl/α,β-unsaturated/α-hetero) is 1.